The Hall–Kier alpha value is -3.81. The number of halogens is 3. The lowest BCUT2D eigenvalue weighted by molar-refractivity contribution is -0.138. The minimum atomic E-state index is -4.47. The third-order valence-electron chi connectivity index (χ3n) is 6.94. The summed E-state index contributed by atoms with van der Waals surface area (Å²) in [5, 5.41) is 0. The van der Waals surface area contributed by atoms with Gasteiger partial charge >= 0.3 is 6.18 Å². The van der Waals surface area contributed by atoms with Gasteiger partial charge in [0.1, 0.15) is 11.2 Å². The van der Waals surface area contributed by atoms with Crippen molar-refractivity contribution in [3.05, 3.63) is 42.1 Å². The van der Waals surface area contributed by atoms with Gasteiger partial charge in [0.2, 0.25) is 11.9 Å². The predicted molar refractivity (Wildman–Crippen MR) is 126 cm³/mol. The Morgan fingerprint density at radius 1 is 1.14 bits per heavy atom. The highest BCUT2D eigenvalue weighted by Gasteiger charge is 2.38. The second-order valence-electron chi connectivity index (χ2n) is 9.38. The quantitative estimate of drug-likeness (QED) is 0.463. The Bertz CT molecular complexity index is 1300. The maximum absolute atomic E-state index is 12.9. The summed E-state index contributed by atoms with van der Waals surface area (Å²) < 4.78 is 40.1. The molecule has 11 nitrogen and oxygen atoms in total. The molecule has 2 unspecified atom stereocenters. The highest BCUT2D eigenvalue weighted by Crippen LogP contribution is 2.29. The number of imidazole rings is 1. The number of amides is 2. The lowest BCUT2D eigenvalue weighted by Crippen LogP contribution is -2.47. The number of carbonyl (C=O) groups is 2. The number of pyridine rings is 1. The van der Waals surface area contributed by atoms with Gasteiger partial charge in [0.15, 0.2) is 5.65 Å². The van der Waals surface area contributed by atoms with E-state index in [1.807, 2.05) is 9.47 Å². The van der Waals surface area contributed by atoms with Crippen molar-refractivity contribution in [2.24, 2.45) is 5.73 Å². The van der Waals surface area contributed by atoms with Gasteiger partial charge in [0, 0.05) is 57.7 Å². The molecule has 0 saturated carbocycles. The fourth-order valence-electron chi connectivity index (χ4n) is 4.60. The van der Waals surface area contributed by atoms with Crippen LogP contribution in [0.5, 0.6) is 0 Å². The van der Waals surface area contributed by atoms with E-state index < -0.39 is 17.6 Å². The van der Waals surface area contributed by atoms with E-state index in [0.717, 1.165) is 18.9 Å². The minimum absolute atomic E-state index is 0.0105. The third-order valence-corrected chi connectivity index (χ3v) is 6.94. The summed E-state index contributed by atoms with van der Waals surface area (Å²) in [5.41, 5.74) is 5.88. The Kier molecular flexibility index (Phi) is 6.43. The van der Waals surface area contributed by atoms with Gasteiger partial charge in [-0.15, -0.1) is 0 Å². The van der Waals surface area contributed by atoms with Gasteiger partial charge < -0.3 is 20.1 Å². The van der Waals surface area contributed by atoms with Crippen LogP contribution < -0.4 is 10.6 Å². The smallest absolute Gasteiger partial charge is 0.364 e. The molecule has 2 fully saturated rings. The van der Waals surface area contributed by atoms with E-state index in [4.69, 9.17) is 5.73 Å². The Morgan fingerprint density at radius 2 is 1.84 bits per heavy atom. The molecular weight excluding hydrogens is 491 g/mol. The Balaban J connectivity index is 1.11. The van der Waals surface area contributed by atoms with Crippen molar-refractivity contribution in [2.45, 2.75) is 37.6 Å². The molecule has 2 amide bonds. The Morgan fingerprint density at radius 3 is 2.49 bits per heavy atom. The number of likely N-dealkylation sites (N-methyl/N-ethyl adjacent to an activating group) is 1. The number of carbonyl (C=O) groups excluding carboxylic acids is 2. The molecule has 2 N–H and O–H groups in total. The molecule has 5 heterocycles. The number of nitrogens with zero attached hydrogens (tertiary/aromatic N) is 8. The highest BCUT2D eigenvalue weighted by atomic mass is 19.4. The number of aromatic nitrogens is 5. The molecule has 0 radical (unpaired) electrons. The van der Waals surface area contributed by atoms with Crippen LogP contribution in [-0.2, 0) is 17.5 Å². The molecule has 2 atom stereocenters. The zero-order valence-corrected chi connectivity index (χ0v) is 20.1. The van der Waals surface area contributed by atoms with Crippen molar-refractivity contribution >= 4 is 28.9 Å². The average molecular weight is 518 g/mol. The van der Waals surface area contributed by atoms with Gasteiger partial charge in [0.25, 0.3) is 5.91 Å². The number of anilines is 1. The summed E-state index contributed by atoms with van der Waals surface area (Å²) in [4.78, 5) is 46.4. The van der Waals surface area contributed by atoms with Crippen LogP contribution in [0.1, 0.15) is 28.9 Å². The van der Waals surface area contributed by atoms with Crippen LogP contribution in [-0.4, -0.2) is 91.4 Å². The number of primary amides is 1. The summed E-state index contributed by atoms with van der Waals surface area (Å²) >= 11 is 0. The number of piperidine rings is 1. The standard InChI is InChI=1S/C23H26F3N9O2/c1-32(15-4-6-33(7-5-15)22-28-8-14(9-29-22)23(24,25)26)19(36)12-34-10-16(34)11-35-13-30-18-3-2-17(20(27)37)31-21(18)35/h2-3,8-9,13,15-16H,4-7,10-12H2,1H3,(H2,27,37). The van der Waals surface area contributed by atoms with Crippen molar-refractivity contribution in [3.8, 4) is 0 Å². The zero-order valence-electron chi connectivity index (χ0n) is 20.1. The normalized spacial score (nSPS) is 20.3. The van der Waals surface area contributed by atoms with E-state index in [9.17, 15) is 22.8 Å². The van der Waals surface area contributed by atoms with Crippen molar-refractivity contribution < 1.29 is 22.8 Å². The van der Waals surface area contributed by atoms with Crippen molar-refractivity contribution in [1.82, 2.24) is 34.3 Å². The molecular formula is C23H26F3N9O2. The summed E-state index contributed by atoms with van der Waals surface area (Å²) in [5.74, 6) is -0.331. The van der Waals surface area contributed by atoms with Crippen molar-refractivity contribution in [1.29, 1.82) is 0 Å². The molecule has 0 aliphatic carbocycles. The van der Waals surface area contributed by atoms with Gasteiger partial charge in [-0.3, -0.25) is 14.5 Å². The molecule has 0 spiro atoms. The molecule has 0 bridgehead atoms. The van der Waals surface area contributed by atoms with Gasteiger partial charge in [0.05, 0.1) is 18.4 Å². The monoisotopic (exact) mass is 517 g/mol. The number of nitrogens with two attached hydrogens (primary N) is 1. The SMILES string of the molecule is CN(C(=O)CN1CC1Cn1cnc2ccc(C(N)=O)nc21)C1CCN(c2ncc(C(F)(F)F)cn2)CC1. The second kappa shape index (κ2) is 9.57. The van der Waals surface area contributed by atoms with Gasteiger partial charge in [-0.05, 0) is 25.0 Å². The van der Waals surface area contributed by atoms with E-state index in [1.54, 1.807) is 30.4 Å². The van der Waals surface area contributed by atoms with Crippen LogP contribution in [0.15, 0.2) is 30.9 Å². The molecule has 2 saturated heterocycles. The maximum Gasteiger partial charge on any atom is 0.419 e. The first-order chi connectivity index (χ1) is 17.6. The summed E-state index contributed by atoms with van der Waals surface area (Å²) in [7, 11) is 1.79. The number of hydrogen-bond acceptors (Lipinski definition) is 8. The first-order valence-electron chi connectivity index (χ1n) is 11.9. The van der Waals surface area contributed by atoms with Crippen LogP contribution in [0.3, 0.4) is 0 Å². The lowest BCUT2D eigenvalue weighted by atomic mass is 10.0. The fourth-order valence-corrected chi connectivity index (χ4v) is 4.60. The van der Waals surface area contributed by atoms with Gasteiger partial charge in [-0.2, -0.15) is 13.2 Å². The molecule has 2 aliphatic rings. The van der Waals surface area contributed by atoms with Crippen molar-refractivity contribution in [3.63, 3.8) is 0 Å². The van der Waals surface area contributed by atoms with E-state index in [0.29, 0.717) is 43.6 Å². The van der Waals surface area contributed by atoms with Gasteiger partial charge in [-0.1, -0.05) is 0 Å². The number of alkyl halides is 3. The zero-order chi connectivity index (χ0) is 26.3. The number of fused-ring (bicyclic) bond motifs is 1. The molecule has 2 aliphatic heterocycles. The van der Waals surface area contributed by atoms with E-state index in [-0.39, 0.29) is 36.2 Å². The third kappa shape index (κ3) is 5.33. The summed E-state index contributed by atoms with van der Waals surface area (Å²) in [6.07, 6.45) is 0.133. The van der Waals surface area contributed by atoms with Crippen LogP contribution in [0, 0.1) is 0 Å². The van der Waals surface area contributed by atoms with Crippen LogP contribution >= 0.6 is 0 Å². The first-order valence-corrected chi connectivity index (χ1v) is 11.9. The predicted octanol–water partition coefficient (Wildman–Crippen LogP) is 1.15. The van der Waals surface area contributed by atoms with E-state index >= 15 is 0 Å². The largest absolute Gasteiger partial charge is 0.419 e. The molecule has 3 aromatic rings. The average Bonchev–Trinajstić information content (AvgIpc) is 3.48. The van der Waals surface area contributed by atoms with Gasteiger partial charge in [-0.25, -0.2) is 19.9 Å². The molecule has 196 valence electrons. The van der Waals surface area contributed by atoms with Crippen molar-refractivity contribution in [2.75, 3.05) is 38.1 Å². The molecule has 3 aromatic heterocycles. The van der Waals surface area contributed by atoms with Crippen LogP contribution in [0.25, 0.3) is 11.2 Å². The summed E-state index contributed by atoms with van der Waals surface area (Å²) in [6.45, 7) is 2.74. The summed E-state index contributed by atoms with van der Waals surface area (Å²) in [6, 6.07) is 3.44. The van der Waals surface area contributed by atoms with Crippen LogP contribution in [0.4, 0.5) is 19.1 Å². The molecule has 5 rings (SSSR count). The maximum atomic E-state index is 12.9. The second-order valence-corrected chi connectivity index (χ2v) is 9.38. The topological polar surface area (TPSA) is 126 Å². The molecule has 0 aromatic carbocycles. The first kappa shape index (κ1) is 24.9. The van der Waals surface area contributed by atoms with Crippen LogP contribution in [0.2, 0.25) is 0 Å². The molecule has 37 heavy (non-hydrogen) atoms. The molecule has 14 heteroatoms. The van der Waals surface area contributed by atoms with E-state index in [1.165, 1.54) is 0 Å². The number of hydrogen-bond donors (Lipinski definition) is 1. The fraction of sp³-hybridized carbons (Fsp3) is 0.478. The lowest BCUT2D eigenvalue weighted by Gasteiger charge is -2.36. The minimum Gasteiger partial charge on any atom is -0.364 e. The van der Waals surface area contributed by atoms with E-state index in [2.05, 4.69) is 24.8 Å². The number of rotatable bonds is 7. The Labute approximate surface area is 210 Å². The highest BCUT2D eigenvalue weighted by molar-refractivity contribution is 5.92.